The quantitative estimate of drug-likeness (QED) is 0.746. The summed E-state index contributed by atoms with van der Waals surface area (Å²) in [6.07, 6.45) is 3.66. The summed E-state index contributed by atoms with van der Waals surface area (Å²) in [6.45, 7) is 0. The van der Waals surface area contributed by atoms with Gasteiger partial charge in [-0.05, 0) is 35.9 Å². The molecular formula is C20H20N4O. The first kappa shape index (κ1) is 16.6. The number of hydrogen-bond acceptors (Lipinski definition) is 4. The second-order valence-electron chi connectivity index (χ2n) is 5.90. The number of H-pyrrole nitrogens is 1. The second-order valence-corrected chi connectivity index (χ2v) is 5.90. The summed E-state index contributed by atoms with van der Waals surface area (Å²) in [5.41, 5.74) is 3.40. The first-order chi connectivity index (χ1) is 12.1. The summed E-state index contributed by atoms with van der Waals surface area (Å²) >= 11 is 0. The summed E-state index contributed by atoms with van der Waals surface area (Å²) in [5, 5.41) is 0.578. The van der Waals surface area contributed by atoms with Gasteiger partial charge in [0.25, 0.3) is 5.56 Å². The molecule has 0 aliphatic heterocycles. The van der Waals surface area contributed by atoms with Crippen molar-refractivity contribution in [3.8, 4) is 0 Å². The van der Waals surface area contributed by atoms with Gasteiger partial charge in [0.2, 0.25) is 0 Å². The van der Waals surface area contributed by atoms with E-state index in [9.17, 15) is 4.79 Å². The van der Waals surface area contributed by atoms with Crippen molar-refractivity contribution < 1.29 is 0 Å². The van der Waals surface area contributed by atoms with Crippen LogP contribution in [0.25, 0.3) is 22.6 Å². The van der Waals surface area contributed by atoms with Crippen molar-refractivity contribution in [2.24, 2.45) is 4.99 Å². The van der Waals surface area contributed by atoms with Crippen molar-refractivity contribution in [2.75, 3.05) is 26.0 Å². The third-order valence-electron chi connectivity index (χ3n) is 3.89. The number of aromatic amines is 1. The molecule has 0 saturated carbocycles. The van der Waals surface area contributed by atoms with Crippen molar-refractivity contribution >= 4 is 34.5 Å². The van der Waals surface area contributed by atoms with Gasteiger partial charge in [-0.15, -0.1) is 0 Å². The molecule has 0 unspecified atom stereocenters. The van der Waals surface area contributed by atoms with E-state index in [0.717, 1.165) is 16.8 Å². The monoisotopic (exact) mass is 332 g/mol. The van der Waals surface area contributed by atoms with Crippen LogP contribution >= 0.6 is 0 Å². The number of rotatable bonds is 4. The average Bonchev–Trinajstić information content (AvgIpc) is 2.62. The van der Waals surface area contributed by atoms with Crippen LogP contribution in [0.4, 0.5) is 5.69 Å². The van der Waals surface area contributed by atoms with Gasteiger partial charge in [-0.2, -0.15) is 0 Å². The second kappa shape index (κ2) is 7.13. The number of anilines is 1. The van der Waals surface area contributed by atoms with Crippen LogP contribution in [0.2, 0.25) is 0 Å². The molecule has 5 nitrogen and oxygen atoms in total. The maximum Gasteiger partial charge on any atom is 0.259 e. The maximum atomic E-state index is 12.3. The molecule has 0 amide bonds. The van der Waals surface area contributed by atoms with E-state index < -0.39 is 0 Å². The Labute approximate surface area is 146 Å². The molecular weight excluding hydrogens is 312 g/mol. The molecule has 3 aromatic rings. The molecule has 0 atom stereocenters. The molecule has 25 heavy (non-hydrogen) atoms. The van der Waals surface area contributed by atoms with Crippen LogP contribution in [0.15, 0.2) is 58.3 Å². The van der Waals surface area contributed by atoms with Gasteiger partial charge in [0.15, 0.2) is 0 Å². The average molecular weight is 332 g/mol. The number of benzene rings is 2. The van der Waals surface area contributed by atoms with E-state index in [0.29, 0.717) is 16.7 Å². The van der Waals surface area contributed by atoms with Gasteiger partial charge in [0.05, 0.1) is 10.9 Å². The zero-order valence-electron chi connectivity index (χ0n) is 14.5. The Kier molecular flexibility index (Phi) is 4.75. The summed E-state index contributed by atoms with van der Waals surface area (Å²) in [4.78, 5) is 25.9. The third kappa shape index (κ3) is 3.66. The molecule has 2 aromatic carbocycles. The fourth-order valence-corrected chi connectivity index (χ4v) is 2.58. The predicted octanol–water partition coefficient (Wildman–Crippen LogP) is 3.23. The van der Waals surface area contributed by atoms with Crippen LogP contribution in [-0.4, -0.2) is 37.3 Å². The Balaban J connectivity index is 2.08. The first-order valence-corrected chi connectivity index (χ1v) is 7.99. The summed E-state index contributed by atoms with van der Waals surface area (Å²) < 4.78 is 0. The lowest BCUT2D eigenvalue weighted by Gasteiger charge is -2.12. The Bertz CT molecular complexity index is 998. The van der Waals surface area contributed by atoms with E-state index in [-0.39, 0.29) is 5.56 Å². The van der Waals surface area contributed by atoms with Gasteiger partial charge in [-0.25, -0.2) is 4.98 Å². The van der Waals surface area contributed by atoms with Gasteiger partial charge in [0.1, 0.15) is 5.82 Å². The normalized spacial score (nSPS) is 12.0. The van der Waals surface area contributed by atoms with E-state index in [2.05, 4.69) is 15.0 Å². The molecule has 0 aliphatic carbocycles. The number of fused-ring (bicyclic) bond motifs is 1. The molecule has 0 fully saturated rings. The summed E-state index contributed by atoms with van der Waals surface area (Å²) in [5.74, 6) is 0.506. The number of para-hydroxylation sites is 1. The predicted molar refractivity (Wildman–Crippen MR) is 105 cm³/mol. The Morgan fingerprint density at radius 1 is 1.12 bits per heavy atom. The highest BCUT2D eigenvalue weighted by Crippen LogP contribution is 2.18. The summed E-state index contributed by atoms with van der Waals surface area (Å²) in [6, 6.07) is 15.4. The van der Waals surface area contributed by atoms with Crippen LogP contribution < -0.4 is 10.5 Å². The minimum Gasteiger partial charge on any atom is -0.378 e. The lowest BCUT2D eigenvalue weighted by molar-refractivity contribution is 1.13. The first-order valence-electron chi connectivity index (χ1n) is 7.99. The van der Waals surface area contributed by atoms with E-state index >= 15 is 0 Å². The van der Waals surface area contributed by atoms with Gasteiger partial charge in [-0.1, -0.05) is 24.3 Å². The number of aliphatic imine (C=N–C) groups is 1. The van der Waals surface area contributed by atoms with Crippen molar-refractivity contribution in [3.05, 3.63) is 70.3 Å². The van der Waals surface area contributed by atoms with Gasteiger partial charge in [-0.3, -0.25) is 9.79 Å². The molecule has 3 rings (SSSR count). The van der Waals surface area contributed by atoms with E-state index in [1.54, 1.807) is 19.3 Å². The van der Waals surface area contributed by atoms with Crippen molar-refractivity contribution in [2.45, 2.75) is 0 Å². The molecule has 0 radical (unpaired) electrons. The lowest BCUT2D eigenvalue weighted by atomic mass is 10.1. The fraction of sp³-hybridized carbons (Fsp3) is 0.150. The van der Waals surface area contributed by atoms with Gasteiger partial charge >= 0.3 is 0 Å². The molecule has 0 aliphatic rings. The molecule has 126 valence electrons. The lowest BCUT2D eigenvalue weighted by Crippen LogP contribution is -2.11. The van der Waals surface area contributed by atoms with Crippen molar-refractivity contribution in [1.82, 2.24) is 9.97 Å². The number of allylic oxidation sites excluding steroid dienone is 1. The molecule has 0 saturated heterocycles. The Morgan fingerprint density at radius 2 is 1.84 bits per heavy atom. The van der Waals surface area contributed by atoms with Crippen LogP contribution in [0.5, 0.6) is 0 Å². The van der Waals surface area contributed by atoms with Crippen LogP contribution in [0.1, 0.15) is 11.4 Å². The van der Waals surface area contributed by atoms with Crippen LogP contribution in [0, 0.1) is 0 Å². The number of aromatic nitrogens is 2. The molecule has 5 heteroatoms. The SMILES string of the molecule is CN=CC(=Cc1ccc(N(C)C)cc1)c1nc2ccccc2c(=O)[nH]1. The highest BCUT2D eigenvalue weighted by molar-refractivity contribution is 6.14. The van der Waals surface area contributed by atoms with E-state index in [4.69, 9.17) is 0 Å². The van der Waals surface area contributed by atoms with E-state index in [1.807, 2.05) is 67.5 Å². The molecule has 1 N–H and O–H groups in total. The summed E-state index contributed by atoms with van der Waals surface area (Å²) in [7, 11) is 5.70. The number of nitrogens with one attached hydrogen (secondary N) is 1. The van der Waals surface area contributed by atoms with Gasteiger partial charge in [0, 0.05) is 38.6 Å². The van der Waals surface area contributed by atoms with Gasteiger partial charge < -0.3 is 9.88 Å². The maximum absolute atomic E-state index is 12.3. The Hall–Kier alpha value is -3.21. The van der Waals surface area contributed by atoms with Crippen LogP contribution in [-0.2, 0) is 0 Å². The van der Waals surface area contributed by atoms with Crippen molar-refractivity contribution in [1.29, 1.82) is 0 Å². The molecule has 1 heterocycles. The highest BCUT2D eigenvalue weighted by atomic mass is 16.1. The highest BCUT2D eigenvalue weighted by Gasteiger charge is 2.07. The minimum absolute atomic E-state index is 0.154. The van der Waals surface area contributed by atoms with Crippen LogP contribution in [0.3, 0.4) is 0 Å². The third-order valence-corrected chi connectivity index (χ3v) is 3.89. The molecule has 1 aromatic heterocycles. The zero-order valence-corrected chi connectivity index (χ0v) is 14.5. The topological polar surface area (TPSA) is 61.4 Å². The minimum atomic E-state index is -0.154. The Morgan fingerprint density at radius 3 is 2.52 bits per heavy atom. The number of nitrogens with zero attached hydrogens (tertiary/aromatic N) is 3. The fourth-order valence-electron chi connectivity index (χ4n) is 2.58. The van der Waals surface area contributed by atoms with E-state index in [1.165, 1.54) is 0 Å². The number of hydrogen-bond donors (Lipinski definition) is 1. The molecule has 0 spiro atoms. The van der Waals surface area contributed by atoms with Crippen molar-refractivity contribution in [3.63, 3.8) is 0 Å². The largest absolute Gasteiger partial charge is 0.378 e. The standard InChI is InChI=1S/C20H20N4O/c1-21-13-15(12-14-8-10-16(11-9-14)24(2)3)19-22-18-7-5-4-6-17(18)20(25)23-19/h4-13H,1-3H3,(H,22,23,25). The molecule has 0 bridgehead atoms. The smallest absolute Gasteiger partial charge is 0.259 e. The zero-order chi connectivity index (χ0) is 17.8.